The molecule has 0 saturated carbocycles. The number of carbonyl (C=O) groups excluding carboxylic acids is 1. The van der Waals surface area contributed by atoms with E-state index in [1.807, 2.05) is 26.0 Å². The Morgan fingerprint density at radius 2 is 1.95 bits per heavy atom. The lowest BCUT2D eigenvalue weighted by atomic mass is 10.1. The standard InChI is InChI=1S/C15H13BrFNOS/c1-8-5-9(2)14(12(16)6-8)18-15(19)11-7-10(20)3-4-13(11)17/h3-7,20H,1-2H3,(H,18,19). The molecule has 2 aromatic rings. The zero-order valence-corrected chi connectivity index (χ0v) is 13.5. The number of anilines is 1. The molecule has 1 amide bonds. The molecule has 0 spiro atoms. The van der Waals surface area contributed by atoms with Gasteiger partial charge in [0, 0.05) is 9.37 Å². The summed E-state index contributed by atoms with van der Waals surface area (Å²) in [4.78, 5) is 12.7. The van der Waals surface area contributed by atoms with Crippen LogP contribution in [0.2, 0.25) is 0 Å². The average Bonchev–Trinajstić information content (AvgIpc) is 2.36. The first kappa shape index (κ1) is 15.1. The highest BCUT2D eigenvalue weighted by molar-refractivity contribution is 9.10. The molecule has 0 saturated heterocycles. The molecule has 2 aromatic carbocycles. The fourth-order valence-corrected chi connectivity index (χ4v) is 2.92. The molecule has 0 fully saturated rings. The topological polar surface area (TPSA) is 29.1 Å². The molecular formula is C15H13BrFNOS. The van der Waals surface area contributed by atoms with Crippen LogP contribution in [0.3, 0.4) is 0 Å². The van der Waals surface area contributed by atoms with Crippen LogP contribution in [0.1, 0.15) is 21.5 Å². The van der Waals surface area contributed by atoms with Gasteiger partial charge in [-0.2, -0.15) is 0 Å². The van der Waals surface area contributed by atoms with Crippen molar-refractivity contribution in [1.82, 2.24) is 0 Å². The van der Waals surface area contributed by atoms with Gasteiger partial charge in [0.25, 0.3) is 5.91 Å². The van der Waals surface area contributed by atoms with Crippen molar-refractivity contribution in [3.63, 3.8) is 0 Å². The number of halogens is 2. The summed E-state index contributed by atoms with van der Waals surface area (Å²) in [6, 6.07) is 7.99. The fraction of sp³-hybridized carbons (Fsp3) is 0.133. The Balaban J connectivity index is 2.35. The van der Waals surface area contributed by atoms with Crippen molar-refractivity contribution in [1.29, 1.82) is 0 Å². The molecule has 0 unspecified atom stereocenters. The van der Waals surface area contributed by atoms with Crippen molar-refractivity contribution in [2.75, 3.05) is 5.32 Å². The quantitative estimate of drug-likeness (QED) is 0.749. The van der Waals surface area contributed by atoms with Crippen molar-refractivity contribution < 1.29 is 9.18 Å². The molecule has 2 nitrogen and oxygen atoms in total. The van der Waals surface area contributed by atoms with Crippen LogP contribution in [-0.4, -0.2) is 5.91 Å². The summed E-state index contributed by atoms with van der Waals surface area (Å²) in [5.74, 6) is -1.06. The molecule has 0 aliphatic rings. The number of aryl methyl sites for hydroxylation is 2. The SMILES string of the molecule is Cc1cc(C)c(NC(=O)c2cc(S)ccc2F)c(Br)c1. The molecule has 0 aromatic heterocycles. The molecular weight excluding hydrogens is 341 g/mol. The number of carbonyl (C=O) groups is 1. The third kappa shape index (κ3) is 3.22. The Morgan fingerprint density at radius 1 is 1.25 bits per heavy atom. The average molecular weight is 354 g/mol. The highest BCUT2D eigenvalue weighted by Gasteiger charge is 2.15. The molecule has 0 atom stereocenters. The third-order valence-electron chi connectivity index (χ3n) is 2.86. The Morgan fingerprint density at radius 3 is 2.60 bits per heavy atom. The molecule has 0 heterocycles. The highest BCUT2D eigenvalue weighted by Crippen LogP contribution is 2.28. The summed E-state index contributed by atoms with van der Waals surface area (Å²) in [6.07, 6.45) is 0. The van der Waals surface area contributed by atoms with E-state index in [1.54, 1.807) is 0 Å². The van der Waals surface area contributed by atoms with Crippen LogP contribution in [0.4, 0.5) is 10.1 Å². The summed E-state index contributed by atoms with van der Waals surface area (Å²) in [6.45, 7) is 3.85. The van der Waals surface area contributed by atoms with E-state index in [0.29, 0.717) is 10.6 Å². The predicted octanol–water partition coefficient (Wildman–Crippen LogP) is 4.75. The number of nitrogens with one attached hydrogen (secondary N) is 1. The summed E-state index contributed by atoms with van der Waals surface area (Å²) in [5.41, 5.74) is 2.61. The summed E-state index contributed by atoms with van der Waals surface area (Å²) < 4.78 is 14.5. The molecule has 1 N–H and O–H groups in total. The maximum absolute atomic E-state index is 13.7. The van der Waals surface area contributed by atoms with E-state index >= 15 is 0 Å². The molecule has 104 valence electrons. The number of amides is 1. The summed E-state index contributed by atoms with van der Waals surface area (Å²) >= 11 is 7.53. The van der Waals surface area contributed by atoms with Crippen LogP contribution in [0.25, 0.3) is 0 Å². The van der Waals surface area contributed by atoms with Gasteiger partial charge in [-0.15, -0.1) is 12.6 Å². The van der Waals surface area contributed by atoms with Crippen LogP contribution >= 0.6 is 28.6 Å². The van der Waals surface area contributed by atoms with Crippen molar-refractivity contribution in [2.24, 2.45) is 0 Å². The first-order valence-corrected chi connectivity index (χ1v) is 7.19. The summed E-state index contributed by atoms with van der Waals surface area (Å²) in [5, 5.41) is 2.73. The largest absolute Gasteiger partial charge is 0.321 e. The van der Waals surface area contributed by atoms with Crippen LogP contribution in [0.5, 0.6) is 0 Å². The van der Waals surface area contributed by atoms with Crippen molar-refractivity contribution >= 4 is 40.2 Å². The van der Waals surface area contributed by atoms with Gasteiger partial charge in [0.2, 0.25) is 0 Å². The maximum Gasteiger partial charge on any atom is 0.258 e. The van der Waals surface area contributed by atoms with Gasteiger partial charge in [-0.25, -0.2) is 4.39 Å². The highest BCUT2D eigenvalue weighted by atomic mass is 79.9. The molecule has 0 aliphatic carbocycles. The summed E-state index contributed by atoms with van der Waals surface area (Å²) in [7, 11) is 0. The van der Waals surface area contributed by atoms with E-state index in [0.717, 1.165) is 15.6 Å². The first-order valence-electron chi connectivity index (χ1n) is 5.95. The van der Waals surface area contributed by atoms with Gasteiger partial charge in [-0.1, -0.05) is 6.07 Å². The van der Waals surface area contributed by atoms with Gasteiger partial charge in [0.15, 0.2) is 0 Å². The van der Waals surface area contributed by atoms with Gasteiger partial charge >= 0.3 is 0 Å². The fourth-order valence-electron chi connectivity index (χ4n) is 1.94. The number of hydrogen-bond acceptors (Lipinski definition) is 2. The van der Waals surface area contributed by atoms with Crippen LogP contribution in [0, 0.1) is 19.7 Å². The molecule has 0 radical (unpaired) electrons. The second kappa shape index (κ2) is 5.97. The zero-order valence-electron chi connectivity index (χ0n) is 11.0. The third-order valence-corrected chi connectivity index (χ3v) is 3.77. The zero-order chi connectivity index (χ0) is 14.9. The Bertz CT molecular complexity index is 665. The lowest BCUT2D eigenvalue weighted by Gasteiger charge is -2.12. The van der Waals surface area contributed by atoms with Gasteiger partial charge < -0.3 is 5.32 Å². The minimum atomic E-state index is -0.568. The number of thiol groups is 1. The van der Waals surface area contributed by atoms with E-state index in [9.17, 15) is 9.18 Å². The van der Waals surface area contributed by atoms with E-state index in [2.05, 4.69) is 33.9 Å². The normalized spacial score (nSPS) is 10.4. The Hall–Kier alpha value is -1.33. The van der Waals surface area contributed by atoms with E-state index in [-0.39, 0.29) is 5.56 Å². The van der Waals surface area contributed by atoms with Crippen LogP contribution in [-0.2, 0) is 0 Å². The van der Waals surface area contributed by atoms with Gasteiger partial charge in [0.05, 0.1) is 11.3 Å². The molecule has 2 rings (SSSR count). The minimum absolute atomic E-state index is 0.0237. The second-order valence-corrected chi connectivity index (χ2v) is 5.93. The molecule has 0 bridgehead atoms. The number of rotatable bonds is 2. The van der Waals surface area contributed by atoms with E-state index in [1.165, 1.54) is 18.2 Å². The van der Waals surface area contributed by atoms with E-state index < -0.39 is 11.7 Å². The van der Waals surface area contributed by atoms with Crippen molar-refractivity contribution in [2.45, 2.75) is 18.7 Å². The number of hydrogen-bond donors (Lipinski definition) is 2. The first-order chi connectivity index (χ1) is 9.38. The molecule has 20 heavy (non-hydrogen) atoms. The van der Waals surface area contributed by atoms with Gasteiger partial charge in [-0.3, -0.25) is 4.79 Å². The Kier molecular flexibility index (Phi) is 4.50. The lowest BCUT2D eigenvalue weighted by Crippen LogP contribution is -2.15. The van der Waals surface area contributed by atoms with Crippen LogP contribution < -0.4 is 5.32 Å². The molecule has 5 heteroatoms. The van der Waals surface area contributed by atoms with Crippen LogP contribution in [0.15, 0.2) is 39.7 Å². The second-order valence-electron chi connectivity index (χ2n) is 4.56. The van der Waals surface area contributed by atoms with Gasteiger partial charge in [0.1, 0.15) is 5.82 Å². The smallest absolute Gasteiger partial charge is 0.258 e. The van der Waals surface area contributed by atoms with Crippen molar-refractivity contribution in [3.8, 4) is 0 Å². The van der Waals surface area contributed by atoms with Gasteiger partial charge in [-0.05, 0) is 65.2 Å². The minimum Gasteiger partial charge on any atom is -0.321 e. The van der Waals surface area contributed by atoms with Crippen molar-refractivity contribution in [3.05, 3.63) is 57.3 Å². The lowest BCUT2D eigenvalue weighted by molar-refractivity contribution is 0.102. The number of benzene rings is 2. The maximum atomic E-state index is 13.7. The van der Waals surface area contributed by atoms with E-state index in [4.69, 9.17) is 0 Å². The molecule has 0 aliphatic heterocycles. The monoisotopic (exact) mass is 353 g/mol. The predicted molar refractivity (Wildman–Crippen MR) is 85.2 cm³/mol. The Labute approximate surface area is 130 Å².